The zero-order chi connectivity index (χ0) is 19.9. The van der Waals surface area contributed by atoms with Crippen LogP contribution in [-0.4, -0.2) is 11.9 Å². The Balaban J connectivity index is 1.64. The maximum absolute atomic E-state index is 8.87. The molecule has 0 N–H and O–H groups in total. The Bertz CT molecular complexity index is 871. The summed E-state index contributed by atoms with van der Waals surface area (Å²) in [7, 11) is 0. The van der Waals surface area contributed by atoms with Gasteiger partial charge in [0.1, 0.15) is 5.75 Å². The van der Waals surface area contributed by atoms with E-state index in [1.54, 1.807) is 0 Å². The van der Waals surface area contributed by atoms with Crippen LogP contribution in [0.5, 0.6) is 5.75 Å². The number of hydrogen-bond donors (Lipinski definition) is 0. The lowest BCUT2D eigenvalue weighted by molar-refractivity contribution is 0.307. The number of nitriles is 1. The Morgan fingerprint density at radius 3 is 1.89 bits per heavy atom. The van der Waals surface area contributed by atoms with E-state index < -0.39 is 0 Å². The first-order valence-corrected chi connectivity index (χ1v) is 10.7. The summed E-state index contributed by atoms with van der Waals surface area (Å²) in [5, 5.41) is 9.91. The minimum absolute atomic E-state index is 0.672. The van der Waals surface area contributed by atoms with Gasteiger partial charge >= 0.3 is 0 Å². The molecular formula is C25H24BrNO. The van der Waals surface area contributed by atoms with E-state index in [0.29, 0.717) is 12.2 Å². The number of benzene rings is 2. The molecule has 0 atom stereocenters. The molecule has 0 fully saturated rings. The molecule has 0 spiro atoms. The van der Waals surface area contributed by atoms with Gasteiger partial charge in [0.2, 0.25) is 0 Å². The van der Waals surface area contributed by atoms with Crippen molar-refractivity contribution in [2.24, 2.45) is 0 Å². The largest absolute Gasteiger partial charge is 0.494 e. The third-order valence-corrected chi connectivity index (χ3v) is 4.65. The lowest BCUT2D eigenvalue weighted by Gasteiger charge is -2.07. The molecule has 0 radical (unpaired) electrons. The Labute approximate surface area is 177 Å². The van der Waals surface area contributed by atoms with E-state index in [1.807, 2.05) is 48.5 Å². The van der Waals surface area contributed by atoms with Crippen molar-refractivity contribution < 1.29 is 4.74 Å². The normalized spacial score (nSPS) is 9.43. The summed E-state index contributed by atoms with van der Waals surface area (Å²) in [6.07, 6.45) is 6.08. The molecule has 0 saturated carbocycles. The van der Waals surface area contributed by atoms with Crippen molar-refractivity contribution in [3.63, 3.8) is 0 Å². The van der Waals surface area contributed by atoms with Crippen molar-refractivity contribution in [2.75, 3.05) is 11.9 Å². The zero-order valence-electron chi connectivity index (χ0n) is 16.0. The minimum atomic E-state index is 0.672. The van der Waals surface area contributed by atoms with E-state index in [1.165, 1.54) is 6.42 Å². The molecule has 0 heterocycles. The summed E-state index contributed by atoms with van der Waals surface area (Å²) in [6, 6.07) is 17.8. The molecule has 0 unspecified atom stereocenters. The van der Waals surface area contributed by atoms with Crippen molar-refractivity contribution in [2.45, 2.75) is 38.5 Å². The molecule has 0 bridgehead atoms. The van der Waals surface area contributed by atoms with E-state index in [2.05, 4.69) is 45.7 Å². The molecule has 0 aliphatic rings. The van der Waals surface area contributed by atoms with Gasteiger partial charge in [-0.05, 0) is 72.9 Å². The summed E-state index contributed by atoms with van der Waals surface area (Å²) < 4.78 is 5.79. The summed E-state index contributed by atoms with van der Waals surface area (Å²) >= 11 is 3.41. The molecule has 2 aromatic rings. The Kier molecular flexibility index (Phi) is 10.4. The van der Waals surface area contributed by atoms with Crippen LogP contribution in [0.15, 0.2) is 48.5 Å². The molecular weight excluding hydrogens is 410 g/mol. The van der Waals surface area contributed by atoms with E-state index in [0.717, 1.165) is 54.3 Å². The summed E-state index contributed by atoms with van der Waals surface area (Å²) in [6.45, 7) is 0.691. The molecule has 0 aliphatic heterocycles. The first-order chi connectivity index (χ1) is 13.8. The van der Waals surface area contributed by atoms with Crippen LogP contribution in [0.1, 0.15) is 44.1 Å². The number of nitrogens with zero attached hydrogens (tertiary/aromatic N) is 1. The number of rotatable bonds is 9. The second-order valence-corrected chi connectivity index (χ2v) is 7.06. The first-order valence-electron chi connectivity index (χ1n) is 9.58. The van der Waals surface area contributed by atoms with E-state index in [4.69, 9.17) is 10.00 Å². The van der Waals surface area contributed by atoms with Crippen LogP contribution in [-0.2, 0) is 0 Å². The van der Waals surface area contributed by atoms with Gasteiger partial charge in [-0.1, -0.05) is 52.0 Å². The fraction of sp³-hybridized carbons (Fsp3) is 0.320. The molecule has 0 aliphatic carbocycles. The van der Waals surface area contributed by atoms with Gasteiger partial charge in [0.15, 0.2) is 0 Å². The van der Waals surface area contributed by atoms with E-state index in [-0.39, 0.29) is 0 Å². The third-order valence-electron chi connectivity index (χ3n) is 4.09. The maximum atomic E-state index is 8.87. The highest BCUT2D eigenvalue weighted by molar-refractivity contribution is 9.09. The molecule has 0 aromatic heterocycles. The minimum Gasteiger partial charge on any atom is -0.494 e. The van der Waals surface area contributed by atoms with Crippen LogP contribution < -0.4 is 4.74 Å². The van der Waals surface area contributed by atoms with Gasteiger partial charge in [-0.15, -0.1) is 0 Å². The van der Waals surface area contributed by atoms with Crippen LogP contribution in [0.3, 0.4) is 0 Å². The predicted molar refractivity (Wildman–Crippen MR) is 119 cm³/mol. The highest BCUT2D eigenvalue weighted by Crippen LogP contribution is 2.22. The molecule has 3 heteroatoms. The van der Waals surface area contributed by atoms with Crippen molar-refractivity contribution in [3.8, 4) is 46.6 Å². The Morgan fingerprint density at radius 2 is 1.32 bits per heavy atom. The lowest BCUT2D eigenvalue weighted by atomic mass is 10.0. The summed E-state index contributed by atoms with van der Waals surface area (Å²) in [4.78, 5) is 0. The Morgan fingerprint density at radius 1 is 0.750 bits per heavy atom. The summed E-state index contributed by atoms with van der Waals surface area (Å²) in [5.74, 6) is 12.9. The number of alkyl halides is 1. The lowest BCUT2D eigenvalue weighted by Crippen LogP contribution is -1.96. The second kappa shape index (κ2) is 13.5. The summed E-state index contributed by atoms with van der Waals surface area (Å²) in [5.41, 5.74) is 2.88. The SMILES string of the molecule is N#Cc1ccc(-c2ccc(OCCCCC#CC#CCCCCBr)cc2)cc1. The number of ether oxygens (including phenoxy) is 1. The topological polar surface area (TPSA) is 33.0 Å². The van der Waals surface area contributed by atoms with Crippen molar-refractivity contribution in [3.05, 3.63) is 54.1 Å². The van der Waals surface area contributed by atoms with E-state index in [9.17, 15) is 0 Å². The fourth-order valence-electron chi connectivity index (χ4n) is 2.51. The number of unbranched alkanes of at least 4 members (excludes halogenated alkanes) is 4. The quantitative estimate of drug-likeness (QED) is 0.262. The van der Waals surface area contributed by atoms with Gasteiger partial charge in [0.05, 0.1) is 18.2 Å². The molecule has 2 aromatic carbocycles. The average molecular weight is 434 g/mol. The predicted octanol–water partition coefficient (Wildman–Crippen LogP) is 6.35. The van der Waals surface area contributed by atoms with Crippen LogP contribution in [0, 0.1) is 35.0 Å². The molecule has 0 amide bonds. The van der Waals surface area contributed by atoms with Crippen LogP contribution in [0.25, 0.3) is 11.1 Å². The molecule has 2 rings (SSSR count). The molecule has 142 valence electrons. The molecule has 28 heavy (non-hydrogen) atoms. The van der Waals surface area contributed by atoms with Crippen LogP contribution in [0.2, 0.25) is 0 Å². The van der Waals surface area contributed by atoms with Crippen molar-refractivity contribution >= 4 is 15.9 Å². The van der Waals surface area contributed by atoms with Crippen molar-refractivity contribution in [1.82, 2.24) is 0 Å². The zero-order valence-corrected chi connectivity index (χ0v) is 17.6. The van der Waals surface area contributed by atoms with Gasteiger partial charge in [0.25, 0.3) is 0 Å². The van der Waals surface area contributed by atoms with Crippen LogP contribution >= 0.6 is 15.9 Å². The number of hydrogen-bond acceptors (Lipinski definition) is 2. The van der Waals surface area contributed by atoms with Gasteiger partial charge in [-0.3, -0.25) is 0 Å². The monoisotopic (exact) mass is 433 g/mol. The van der Waals surface area contributed by atoms with Gasteiger partial charge < -0.3 is 4.74 Å². The highest BCUT2D eigenvalue weighted by Gasteiger charge is 1.99. The molecule has 2 nitrogen and oxygen atoms in total. The van der Waals surface area contributed by atoms with Gasteiger partial charge in [-0.25, -0.2) is 0 Å². The van der Waals surface area contributed by atoms with Gasteiger partial charge in [-0.2, -0.15) is 5.26 Å². The smallest absolute Gasteiger partial charge is 0.119 e. The number of halogens is 1. The van der Waals surface area contributed by atoms with Gasteiger partial charge in [0, 0.05) is 18.2 Å². The molecule has 0 saturated heterocycles. The third kappa shape index (κ3) is 8.35. The fourth-order valence-corrected chi connectivity index (χ4v) is 2.90. The van der Waals surface area contributed by atoms with E-state index >= 15 is 0 Å². The maximum Gasteiger partial charge on any atom is 0.119 e. The second-order valence-electron chi connectivity index (χ2n) is 6.27. The standard InChI is InChI=1S/C25H24BrNO/c26-19-9-7-5-3-1-2-4-6-8-10-20-28-25-17-15-24(16-18-25)23-13-11-22(21-27)12-14-23/h11-18H,5-10,19-20H2. The first kappa shape index (κ1) is 21.6. The highest BCUT2D eigenvalue weighted by atomic mass is 79.9. The Hall–Kier alpha value is -2.67. The van der Waals surface area contributed by atoms with Crippen molar-refractivity contribution in [1.29, 1.82) is 5.26 Å². The van der Waals surface area contributed by atoms with Crippen LogP contribution in [0.4, 0.5) is 0 Å². The average Bonchev–Trinajstić information content (AvgIpc) is 2.75.